The Labute approximate surface area is 103 Å². The van der Waals surface area contributed by atoms with Crippen LogP contribution in [0.5, 0.6) is 0 Å². The number of hydrogen-bond acceptors (Lipinski definition) is 5. The Hall–Kier alpha value is -2.57. The van der Waals surface area contributed by atoms with E-state index in [-0.39, 0.29) is 6.54 Å². The third-order valence-electron chi connectivity index (χ3n) is 2.39. The van der Waals surface area contributed by atoms with Gasteiger partial charge in [0.1, 0.15) is 24.5 Å². The van der Waals surface area contributed by atoms with Crippen molar-refractivity contribution in [1.82, 2.24) is 15.0 Å². The van der Waals surface area contributed by atoms with Gasteiger partial charge in [-0.25, -0.2) is 9.97 Å². The molecule has 0 bridgehead atoms. The van der Waals surface area contributed by atoms with Gasteiger partial charge < -0.3 is 20.3 Å². The molecule has 2 aromatic rings. The van der Waals surface area contributed by atoms with Crippen LogP contribution < -0.4 is 10.2 Å². The van der Waals surface area contributed by atoms with Gasteiger partial charge in [0.25, 0.3) is 0 Å². The lowest BCUT2D eigenvalue weighted by molar-refractivity contribution is -0.134. The molecule has 2 rings (SSSR count). The molecular weight excluding hydrogens is 234 g/mol. The highest BCUT2D eigenvalue weighted by Crippen LogP contribution is 2.21. The normalized spacial score (nSPS) is 10.1. The van der Waals surface area contributed by atoms with Crippen LogP contribution in [0.4, 0.5) is 17.3 Å². The number of anilines is 3. The van der Waals surface area contributed by atoms with Gasteiger partial charge >= 0.3 is 5.97 Å². The Morgan fingerprint density at radius 1 is 1.56 bits per heavy atom. The second-order valence-electron chi connectivity index (χ2n) is 3.64. The van der Waals surface area contributed by atoms with Crippen molar-refractivity contribution in [1.29, 1.82) is 0 Å². The first-order valence-electron chi connectivity index (χ1n) is 5.31. The van der Waals surface area contributed by atoms with Gasteiger partial charge in [-0.15, -0.1) is 0 Å². The minimum Gasteiger partial charge on any atom is -0.480 e. The molecule has 0 aliphatic rings. The fourth-order valence-corrected chi connectivity index (χ4v) is 1.45. The number of aromatic nitrogens is 3. The summed E-state index contributed by atoms with van der Waals surface area (Å²) >= 11 is 0. The molecule has 0 aromatic carbocycles. The Kier molecular flexibility index (Phi) is 3.42. The average Bonchev–Trinajstić information content (AvgIpc) is 2.89. The maximum atomic E-state index is 10.5. The van der Waals surface area contributed by atoms with Gasteiger partial charge in [0.15, 0.2) is 0 Å². The zero-order valence-electron chi connectivity index (χ0n) is 9.79. The summed E-state index contributed by atoms with van der Waals surface area (Å²) in [6.45, 7) is -0.176. The Morgan fingerprint density at radius 2 is 2.39 bits per heavy atom. The average molecular weight is 247 g/mol. The van der Waals surface area contributed by atoms with Gasteiger partial charge in [0.05, 0.1) is 5.69 Å². The number of carboxylic acids is 1. The maximum Gasteiger partial charge on any atom is 0.322 e. The standard InChI is InChI=1S/C11H13N5O2/c1-16(8-2-3-12-5-8)10-4-9(14-7-15-10)13-6-11(17)18/h2-5,7,12H,6H2,1H3,(H,17,18)(H,13,14,15). The largest absolute Gasteiger partial charge is 0.480 e. The van der Waals surface area contributed by atoms with Crippen molar-refractivity contribution in [3.05, 3.63) is 30.9 Å². The highest BCUT2D eigenvalue weighted by atomic mass is 16.4. The minimum absolute atomic E-state index is 0.176. The van der Waals surface area contributed by atoms with Crippen molar-refractivity contribution >= 4 is 23.3 Å². The van der Waals surface area contributed by atoms with E-state index in [1.54, 1.807) is 6.07 Å². The molecule has 0 amide bonds. The SMILES string of the molecule is CN(c1cc[nH]c1)c1cc(NCC(=O)O)ncn1. The van der Waals surface area contributed by atoms with E-state index in [1.165, 1.54) is 6.33 Å². The summed E-state index contributed by atoms with van der Waals surface area (Å²) < 4.78 is 0. The highest BCUT2D eigenvalue weighted by molar-refractivity contribution is 5.72. The van der Waals surface area contributed by atoms with E-state index in [4.69, 9.17) is 5.11 Å². The molecule has 0 saturated heterocycles. The van der Waals surface area contributed by atoms with Crippen LogP contribution in [0.3, 0.4) is 0 Å². The van der Waals surface area contributed by atoms with Crippen LogP contribution in [-0.4, -0.2) is 39.6 Å². The highest BCUT2D eigenvalue weighted by Gasteiger charge is 2.07. The van der Waals surface area contributed by atoms with Crippen LogP contribution in [0, 0.1) is 0 Å². The number of aliphatic carboxylic acids is 1. The maximum absolute atomic E-state index is 10.5. The topological polar surface area (TPSA) is 94.1 Å². The molecule has 7 heteroatoms. The number of H-pyrrole nitrogens is 1. The quantitative estimate of drug-likeness (QED) is 0.731. The molecule has 2 heterocycles. The van der Waals surface area contributed by atoms with Crippen molar-refractivity contribution in [3.8, 4) is 0 Å². The summed E-state index contributed by atoms with van der Waals surface area (Å²) in [5.74, 6) is 0.219. The van der Waals surface area contributed by atoms with Crippen molar-refractivity contribution in [2.45, 2.75) is 0 Å². The number of carboxylic acid groups (broad SMARTS) is 1. The summed E-state index contributed by atoms with van der Waals surface area (Å²) in [6, 6.07) is 3.60. The molecule has 0 fully saturated rings. The second-order valence-corrected chi connectivity index (χ2v) is 3.64. The Bertz CT molecular complexity index is 526. The van der Waals surface area contributed by atoms with E-state index < -0.39 is 5.97 Å². The zero-order chi connectivity index (χ0) is 13.0. The monoisotopic (exact) mass is 247 g/mol. The number of nitrogens with zero attached hydrogens (tertiary/aromatic N) is 3. The predicted molar refractivity (Wildman–Crippen MR) is 67.0 cm³/mol. The summed E-state index contributed by atoms with van der Waals surface area (Å²) in [7, 11) is 1.87. The Balaban J connectivity index is 2.14. The van der Waals surface area contributed by atoms with Gasteiger partial charge in [-0.2, -0.15) is 0 Å². The van der Waals surface area contributed by atoms with Crippen LogP contribution in [0.25, 0.3) is 0 Å². The third-order valence-corrected chi connectivity index (χ3v) is 2.39. The van der Waals surface area contributed by atoms with E-state index in [1.807, 2.05) is 30.4 Å². The van der Waals surface area contributed by atoms with Crippen molar-refractivity contribution in [2.24, 2.45) is 0 Å². The van der Waals surface area contributed by atoms with Crippen molar-refractivity contribution < 1.29 is 9.90 Å². The molecule has 94 valence electrons. The molecule has 7 nitrogen and oxygen atoms in total. The molecule has 0 atom stereocenters. The van der Waals surface area contributed by atoms with E-state index in [0.717, 1.165) is 5.69 Å². The first-order valence-corrected chi connectivity index (χ1v) is 5.31. The lowest BCUT2D eigenvalue weighted by atomic mass is 10.4. The van der Waals surface area contributed by atoms with Crippen LogP contribution in [-0.2, 0) is 4.79 Å². The smallest absolute Gasteiger partial charge is 0.322 e. The first-order chi connectivity index (χ1) is 8.66. The zero-order valence-corrected chi connectivity index (χ0v) is 9.79. The first kappa shape index (κ1) is 11.9. The fraction of sp³-hybridized carbons (Fsp3) is 0.182. The lowest BCUT2D eigenvalue weighted by Crippen LogP contribution is -2.15. The summed E-state index contributed by atoms with van der Waals surface area (Å²) in [5, 5.41) is 11.3. The summed E-state index contributed by atoms with van der Waals surface area (Å²) in [5.41, 5.74) is 0.956. The molecule has 0 unspecified atom stereocenters. The second kappa shape index (κ2) is 5.17. The summed E-state index contributed by atoms with van der Waals surface area (Å²) in [4.78, 5) is 23.4. The molecule has 0 spiro atoms. The molecule has 0 radical (unpaired) electrons. The van der Waals surface area contributed by atoms with Gasteiger partial charge in [0.2, 0.25) is 0 Å². The molecule has 0 aliphatic heterocycles. The van der Waals surface area contributed by atoms with Crippen molar-refractivity contribution in [2.75, 3.05) is 23.8 Å². The van der Waals surface area contributed by atoms with Crippen LogP contribution in [0.15, 0.2) is 30.9 Å². The van der Waals surface area contributed by atoms with Crippen LogP contribution in [0.2, 0.25) is 0 Å². The van der Waals surface area contributed by atoms with Gasteiger partial charge in [-0.05, 0) is 6.07 Å². The Morgan fingerprint density at radius 3 is 3.06 bits per heavy atom. The molecular formula is C11H13N5O2. The molecule has 0 saturated carbocycles. The van der Waals surface area contributed by atoms with E-state index in [9.17, 15) is 4.79 Å². The van der Waals surface area contributed by atoms with Crippen LogP contribution >= 0.6 is 0 Å². The van der Waals surface area contributed by atoms with Gasteiger partial charge in [0, 0.05) is 25.5 Å². The number of rotatable bonds is 5. The fourth-order valence-electron chi connectivity index (χ4n) is 1.45. The molecule has 0 aliphatic carbocycles. The van der Waals surface area contributed by atoms with Gasteiger partial charge in [-0.3, -0.25) is 4.79 Å². The molecule has 18 heavy (non-hydrogen) atoms. The number of nitrogens with one attached hydrogen (secondary N) is 2. The third kappa shape index (κ3) is 2.76. The predicted octanol–water partition coefficient (Wildman–Crippen LogP) is 1.07. The van der Waals surface area contributed by atoms with Crippen LogP contribution in [0.1, 0.15) is 0 Å². The number of hydrogen-bond donors (Lipinski definition) is 3. The van der Waals surface area contributed by atoms with Crippen molar-refractivity contribution in [3.63, 3.8) is 0 Å². The number of aromatic amines is 1. The molecule has 3 N–H and O–H groups in total. The number of carbonyl (C=O) groups is 1. The lowest BCUT2D eigenvalue weighted by Gasteiger charge is -2.16. The van der Waals surface area contributed by atoms with E-state index >= 15 is 0 Å². The van der Waals surface area contributed by atoms with E-state index in [2.05, 4.69) is 20.3 Å². The van der Waals surface area contributed by atoms with E-state index in [0.29, 0.717) is 11.6 Å². The summed E-state index contributed by atoms with van der Waals surface area (Å²) in [6.07, 6.45) is 5.05. The molecule has 2 aromatic heterocycles. The minimum atomic E-state index is -0.936. The van der Waals surface area contributed by atoms with Gasteiger partial charge in [-0.1, -0.05) is 0 Å².